The van der Waals surface area contributed by atoms with Crippen LogP contribution in [-0.2, 0) is 6.54 Å². The normalized spacial score (nSPS) is 15.9. The van der Waals surface area contributed by atoms with Crippen molar-refractivity contribution in [2.75, 3.05) is 33.3 Å². The van der Waals surface area contributed by atoms with Crippen molar-refractivity contribution >= 4 is 27.3 Å². The van der Waals surface area contributed by atoms with Gasteiger partial charge in [-0.25, -0.2) is 4.68 Å². The number of rotatable bonds is 6. The van der Waals surface area contributed by atoms with Gasteiger partial charge in [-0.05, 0) is 30.4 Å². The zero-order valence-electron chi connectivity index (χ0n) is 16.0. The van der Waals surface area contributed by atoms with Crippen LogP contribution in [0.15, 0.2) is 36.5 Å². The third kappa shape index (κ3) is 4.09. The lowest BCUT2D eigenvalue weighted by Crippen LogP contribution is -2.34. The summed E-state index contributed by atoms with van der Waals surface area (Å²) in [5, 5.41) is 18.5. The lowest BCUT2D eigenvalue weighted by Gasteiger charge is -2.31. The Kier molecular flexibility index (Phi) is 5.70. The Balaban J connectivity index is 1.33. The number of carbonyl (C=O) groups excluding carboxylic acids is 1. The van der Waals surface area contributed by atoms with Crippen LogP contribution in [0.25, 0.3) is 10.1 Å². The number of aliphatic hydroxyl groups excluding tert-OH is 1. The quantitative estimate of drug-likeness (QED) is 0.689. The minimum Gasteiger partial charge on any atom is -0.395 e. The molecule has 3 aromatic rings. The molecule has 0 saturated carbocycles. The number of benzene rings is 1. The molecular formula is C20H25N5O2S. The molecule has 3 heterocycles. The average Bonchev–Trinajstić information content (AvgIpc) is 3.35. The van der Waals surface area contributed by atoms with Crippen molar-refractivity contribution in [1.82, 2.24) is 24.8 Å². The Bertz CT molecular complexity index is 912. The first-order valence-electron chi connectivity index (χ1n) is 9.62. The summed E-state index contributed by atoms with van der Waals surface area (Å²) in [7, 11) is 1.66. The molecule has 0 unspecified atom stereocenters. The molecule has 8 heteroatoms. The van der Waals surface area contributed by atoms with Gasteiger partial charge in [0, 0.05) is 42.8 Å². The Morgan fingerprint density at radius 1 is 1.32 bits per heavy atom. The van der Waals surface area contributed by atoms with Gasteiger partial charge >= 0.3 is 0 Å². The van der Waals surface area contributed by atoms with Crippen LogP contribution in [0.5, 0.6) is 0 Å². The Morgan fingerprint density at radius 2 is 2.11 bits per heavy atom. The minimum atomic E-state index is -0.206. The van der Waals surface area contributed by atoms with E-state index in [0.29, 0.717) is 12.2 Å². The van der Waals surface area contributed by atoms with Gasteiger partial charge in [-0.1, -0.05) is 23.4 Å². The highest BCUT2D eigenvalue weighted by Crippen LogP contribution is 2.28. The number of carbonyl (C=O) groups is 1. The fourth-order valence-electron chi connectivity index (χ4n) is 3.68. The third-order valence-corrected chi connectivity index (χ3v) is 6.40. The van der Waals surface area contributed by atoms with Crippen molar-refractivity contribution in [3.63, 3.8) is 0 Å². The van der Waals surface area contributed by atoms with Crippen molar-refractivity contribution in [2.24, 2.45) is 0 Å². The highest BCUT2D eigenvalue weighted by Gasteiger charge is 2.24. The maximum absolute atomic E-state index is 12.3. The summed E-state index contributed by atoms with van der Waals surface area (Å²) in [6.07, 6.45) is 3.73. The fourth-order valence-corrected chi connectivity index (χ4v) is 4.78. The first-order chi connectivity index (χ1) is 13.6. The van der Waals surface area contributed by atoms with Gasteiger partial charge in [0.15, 0.2) is 5.69 Å². The van der Waals surface area contributed by atoms with E-state index in [1.54, 1.807) is 13.2 Å². The number of fused-ring (bicyclic) bond motifs is 1. The summed E-state index contributed by atoms with van der Waals surface area (Å²) in [6, 6.07) is 11.1. The van der Waals surface area contributed by atoms with E-state index in [2.05, 4.69) is 45.5 Å². The lowest BCUT2D eigenvalue weighted by atomic mass is 10.1. The highest BCUT2D eigenvalue weighted by atomic mass is 32.1. The van der Waals surface area contributed by atoms with Gasteiger partial charge in [0.05, 0.1) is 18.8 Å². The first kappa shape index (κ1) is 19.0. The van der Waals surface area contributed by atoms with Gasteiger partial charge in [-0.15, -0.1) is 16.4 Å². The molecule has 0 aliphatic carbocycles. The molecule has 7 nitrogen and oxygen atoms in total. The van der Waals surface area contributed by atoms with E-state index in [4.69, 9.17) is 5.11 Å². The van der Waals surface area contributed by atoms with E-state index in [1.807, 2.05) is 16.0 Å². The molecule has 1 aliphatic rings. The number of likely N-dealkylation sites (N-methyl/N-ethyl adjacent to an activating group) is 1. The number of aliphatic hydroxyl groups is 1. The van der Waals surface area contributed by atoms with E-state index < -0.39 is 0 Å². The van der Waals surface area contributed by atoms with Gasteiger partial charge < -0.3 is 10.0 Å². The first-order valence-corrected chi connectivity index (χ1v) is 10.4. The van der Waals surface area contributed by atoms with E-state index >= 15 is 0 Å². The second-order valence-corrected chi connectivity index (χ2v) is 8.46. The molecule has 1 aliphatic heterocycles. The van der Waals surface area contributed by atoms with Gasteiger partial charge in [-0.3, -0.25) is 9.69 Å². The van der Waals surface area contributed by atoms with Crippen LogP contribution in [0.4, 0.5) is 0 Å². The summed E-state index contributed by atoms with van der Waals surface area (Å²) in [5.41, 5.74) is 0.337. The van der Waals surface area contributed by atoms with Gasteiger partial charge in [0.25, 0.3) is 5.91 Å². The van der Waals surface area contributed by atoms with Crippen LogP contribution < -0.4 is 0 Å². The number of hydrogen-bond donors (Lipinski definition) is 1. The summed E-state index contributed by atoms with van der Waals surface area (Å²) in [4.78, 5) is 17.6. The number of piperidine rings is 1. The van der Waals surface area contributed by atoms with Crippen molar-refractivity contribution in [2.45, 2.75) is 25.4 Å². The van der Waals surface area contributed by atoms with Crippen LogP contribution in [0, 0.1) is 0 Å². The van der Waals surface area contributed by atoms with E-state index in [1.165, 1.54) is 19.9 Å². The van der Waals surface area contributed by atoms with Crippen molar-refractivity contribution in [3.8, 4) is 0 Å². The molecule has 4 rings (SSSR count). The van der Waals surface area contributed by atoms with Gasteiger partial charge in [-0.2, -0.15) is 0 Å². The molecule has 1 amide bonds. The average molecular weight is 400 g/mol. The monoisotopic (exact) mass is 399 g/mol. The number of hydrogen-bond acceptors (Lipinski definition) is 6. The number of thiophene rings is 1. The molecule has 148 valence electrons. The van der Waals surface area contributed by atoms with Crippen LogP contribution in [0.2, 0.25) is 0 Å². The molecule has 2 aromatic heterocycles. The topological polar surface area (TPSA) is 74.5 Å². The molecule has 28 heavy (non-hydrogen) atoms. The summed E-state index contributed by atoms with van der Waals surface area (Å²) in [5.74, 6) is -0.206. The minimum absolute atomic E-state index is 0.0609. The molecule has 0 spiro atoms. The highest BCUT2D eigenvalue weighted by molar-refractivity contribution is 7.19. The molecule has 1 aromatic carbocycles. The lowest BCUT2D eigenvalue weighted by molar-refractivity contribution is 0.0761. The number of likely N-dealkylation sites (tertiary alicyclic amines) is 1. The second kappa shape index (κ2) is 8.38. The summed E-state index contributed by atoms with van der Waals surface area (Å²) in [6.45, 7) is 3.23. The molecule has 0 bridgehead atoms. The molecule has 0 atom stereocenters. The zero-order valence-corrected chi connectivity index (χ0v) is 16.8. The maximum Gasteiger partial charge on any atom is 0.275 e. The molecule has 1 fully saturated rings. The Hall–Kier alpha value is -2.29. The van der Waals surface area contributed by atoms with Crippen molar-refractivity contribution in [1.29, 1.82) is 0 Å². The van der Waals surface area contributed by atoms with E-state index in [-0.39, 0.29) is 18.6 Å². The summed E-state index contributed by atoms with van der Waals surface area (Å²) >= 11 is 1.87. The van der Waals surface area contributed by atoms with E-state index in [0.717, 1.165) is 32.5 Å². The van der Waals surface area contributed by atoms with Gasteiger partial charge in [0.1, 0.15) is 0 Å². The maximum atomic E-state index is 12.3. The van der Waals surface area contributed by atoms with Crippen LogP contribution in [0.1, 0.15) is 34.2 Å². The second-order valence-electron chi connectivity index (χ2n) is 7.29. The van der Waals surface area contributed by atoms with Crippen LogP contribution >= 0.6 is 11.3 Å². The Labute approximate surface area is 168 Å². The smallest absolute Gasteiger partial charge is 0.275 e. The summed E-state index contributed by atoms with van der Waals surface area (Å²) < 4.78 is 3.18. The molecule has 1 saturated heterocycles. The van der Waals surface area contributed by atoms with Gasteiger partial charge in [0.2, 0.25) is 0 Å². The third-order valence-electron chi connectivity index (χ3n) is 5.30. The van der Waals surface area contributed by atoms with Crippen molar-refractivity contribution < 1.29 is 9.90 Å². The molecule has 1 N–H and O–H groups in total. The number of nitrogens with zero attached hydrogens (tertiary/aromatic N) is 5. The standard InChI is InChI=1S/C20H25N5O2S/c1-23(10-11-26)20(27)18-14-25(22-21-18)16-6-8-24(9-7-16)13-17-12-15-4-2-3-5-19(15)28-17/h2-5,12,14,16,26H,6-11,13H2,1H3. The predicted molar refractivity (Wildman–Crippen MR) is 109 cm³/mol. The van der Waals surface area contributed by atoms with Crippen LogP contribution in [-0.4, -0.2) is 69.1 Å². The number of amides is 1. The SMILES string of the molecule is CN(CCO)C(=O)c1cn(C2CCN(Cc3cc4ccccc4s3)CC2)nn1. The molecule has 0 radical (unpaired) electrons. The molecular weight excluding hydrogens is 374 g/mol. The predicted octanol–water partition coefficient (Wildman–Crippen LogP) is 2.39. The fraction of sp³-hybridized carbons (Fsp3) is 0.450. The van der Waals surface area contributed by atoms with Crippen molar-refractivity contribution in [3.05, 3.63) is 47.1 Å². The van der Waals surface area contributed by atoms with E-state index in [9.17, 15) is 4.79 Å². The number of aromatic nitrogens is 3. The Morgan fingerprint density at radius 3 is 2.86 bits per heavy atom. The zero-order chi connectivity index (χ0) is 19.5. The largest absolute Gasteiger partial charge is 0.395 e. The van der Waals surface area contributed by atoms with Crippen LogP contribution in [0.3, 0.4) is 0 Å².